The number of allylic oxidation sites excluding steroid dienone is 6. The molecule has 1 saturated heterocycles. The van der Waals surface area contributed by atoms with Gasteiger partial charge in [0.05, 0.1) is 18.9 Å². The zero-order valence-electron chi connectivity index (χ0n) is 22.0. The quantitative estimate of drug-likeness (QED) is 0.219. The van der Waals surface area contributed by atoms with Gasteiger partial charge in [0.15, 0.2) is 0 Å². The first-order valence-electron chi connectivity index (χ1n) is 13.5. The summed E-state index contributed by atoms with van der Waals surface area (Å²) in [6, 6.07) is 0. The molecule has 3 atom stereocenters. The molecule has 0 aliphatic carbocycles. The Balaban J connectivity index is 1.59. The summed E-state index contributed by atoms with van der Waals surface area (Å²) in [5.74, 6) is -1.11. The van der Waals surface area contributed by atoms with Crippen LogP contribution in [0.1, 0.15) is 83.8 Å². The summed E-state index contributed by atoms with van der Waals surface area (Å²) in [5.41, 5.74) is -1.84. The van der Waals surface area contributed by atoms with Crippen molar-refractivity contribution in [2.75, 3.05) is 13.2 Å². The molecule has 1 fully saturated rings. The van der Waals surface area contributed by atoms with Crippen molar-refractivity contribution in [2.45, 2.75) is 103 Å². The minimum Gasteiger partial charge on any atom is -0.394 e. The molecule has 0 unspecified atom stereocenters. The van der Waals surface area contributed by atoms with Gasteiger partial charge in [-0.2, -0.15) is 4.39 Å². The van der Waals surface area contributed by atoms with Gasteiger partial charge in [-0.3, -0.25) is 9.36 Å². The number of hydrogen-bond acceptors (Lipinski definition) is 6. The van der Waals surface area contributed by atoms with Crippen LogP contribution in [0.3, 0.4) is 0 Å². The zero-order valence-corrected chi connectivity index (χ0v) is 22.0. The van der Waals surface area contributed by atoms with E-state index in [1.54, 1.807) is 0 Å². The van der Waals surface area contributed by atoms with Crippen LogP contribution in [-0.4, -0.2) is 44.8 Å². The van der Waals surface area contributed by atoms with Crippen LogP contribution in [0.25, 0.3) is 0 Å². The van der Waals surface area contributed by atoms with Gasteiger partial charge in [0.2, 0.25) is 5.82 Å². The maximum absolute atomic E-state index is 14.2. The summed E-state index contributed by atoms with van der Waals surface area (Å²) < 4.78 is 26.7. The minimum atomic E-state index is -1.11. The molecule has 2 N–H and O–H groups in total. The average Bonchev–Trinajstić information content (AvgIpc) is 3.27. The van der Waals surface area contributed by atoms with Crippen LogP contribution < -0.4 is 11.2 Å². The largest absolute Gasteiger partial charge is 0.394 e. The van der Waals surface area contributed by atoms with Crippen LogP contribution in [0.2, 0.25) is 0 Å². The molecular formula is C28H43FN2O6. The molecule has 0 radical (unpaired) electrons. The van der Waals surface area contributed by atoms with E-state index in [0.717, 1.165) is 62.1 Å². The third-order valence-corrected chi connectivity index (χ3v) is 6.26. The molecular weight excluding hydrogens is 479 g/mol. The molecule has 1 aromatic rings. The van der Waals surface area contributed by atoms with Crippen LogP contribution in [0.15, 0.2) is 52.2 Å². The van der Waals surface area contributed by atoms with Crippen molar-refractivity contribution < 1.29 is 24.1 Å². The summed E-state index contributed by atoms with van der Waals surface area (Å²) in [6.45, 7) is 1.71. The van der Waals surface area contributed by atoms with Crippen molar-refractivity contribution in [3.63, 3.8) is 0 Å². The van der Waals surface area contributed by atoms with E-state index in [9.17, 15) is 24.2 Å². The third-order valence-electron chi connectivity index (χ3n) is 6.26. The zero-order chi connectivity index (χ0) is 26.9. The lowest BCUT2D eigenvalue weighted by Gasteiger charge is -2.16. The first-order chi connectivity index (χ1) is 18.0. The highest BCUT2D eigenvalue weighted by atomic mass is 19.1. The van der Waals surface area contributed by atoms with Gasteiger partial charge in [0.1, 0.15) is 19.1 Å². The number of unbranched alkanes of at least 4 members (excludes halogenated alkanes) is 6. The Bertz CT molecular complexity index is 984. The number of halogens is 1. The van der Waals surface area contributed by atoms with Gasteiger partial charge in [-0.1, -0.05) is 69.1 Å². The summed E-state index contributed by atoms with van der Waals surface area (Å²) >= 11 is 0. The highest BCUT2D eigenvalue weighted by molar-refractivity contribution is 4.97. The molecule has 0 aromatic carbocycles. The van der Waals surface area contributed by atoms with E-state index in [-0.39, 0.29) is 13.2 Å². The van der Waals surface area contributed by atoms with Gasteiger partial charge >= 0.3 is 5.69 Å². The molecule has 208 valence electrons. The maximum atomic E-state index is 14.2. The van der Waals surface area contributed by atoms with Crippen LogP contribution in [0.4, 0.5) is 4.39 Å². The monoisotopic (exact) mass is 522 g/mol. The summed E-state index contributed by atoms with van der Waals surface area (Å²) in [4.78, 5) is 24.8. The number of nitrogens with zero attached hydrogens (tertiary/aromatic N) is 2. The van der Waals surface area contributed by atoms with Gasteiger partial charge in [-0.05, 0) is 38.5 Å². The topological polar surface area (TPSA) is 103 Å². The average molecular weight is 523 g/mol. The van der Waals surface area contributed by atoms with Gasteiger partial charge in [0.25, 0.3) is 5.56 Å². The number of rotatable bonds is 18. The highest BCUT2D eigenvalue weighted by Crippen LogP contribution is 2.27. The fourth-order valence-corrected chi connectivity index (χ4v) is 4.11. The van der Waals surface area contributed by atoms with Crippen molar-refractivity contribution in [3.8, 4) is 0 Å². The molecule has 2 heterocycles. The molecule has 1 aromatic heterocycles. The van der Waals surface area contributed by atoms with E-state index in [1.807, 2.05) is 0 Å². The van der Waals surface area contributed by atoms with Crippen LogP contribution in [-0.2, 0) is 16.2 Å². The second kappa shape index (κ2) is 18.0. The second-order valence-electron chi connectivity index (χ2n) is 9.26. The van der Waals surface area contributed by atoms with E-state index in [2.05, 4.69) is 43.4 Å². The van der Waals surface area contributed by atoms with Crippen molar-refractivity contribution in [2.24, 2.45) is 0 Å². The maximum Gasteiger partial charge on any atom is 0.335 e. The lowest BCUT2D eigenvalue weighted by molar-refractivity contribution is -0.0474. The third kappa shape index (κ3) is 10.9. The molecule has 9 heteroatoms. The highest BCUT2D eigenvalue weighted by Gasteiger charge is 2.35. The Kier molecular flexibility index (Phi) is 15.0. The standard InChI is InChI=1S/C28H43FN2O6/c1-2-3-4-5-6-7-8-9-10-11-12-13-14-15-16-17-18-36-22-31-27(34)23(29)20-30(28(31)35)26-19-24(33)25(21-32)37-26/h3-4,6-7,9-10,20,24-26,32-33H,2,5,8,11-19,21-22H2,1H3/b4-3-,7-6-,10-9-/t24-,25+,26+/m0/s1. The van der Waals surface area contributed by atoms with E-state index in [1.165, 1.54) is 12.8 Å². The Morgan fingerprint density at radius 3 is 2.35 bits per heavy atom. The Morgan fingerprint density at radius 1 is 1.03 bits per heavy atom. The van der Waals surface area contributed by atoms with Crippen molar-refractivity contribution in [1.82, 2.24) is 9.13 Å². The van der Waals surface area contributed by atoms with Crippen molar-refractivity contribution in [3.05, 3.63) is 69.3 Å². The molecule has 0 saturated carbocycles. The van der Waals surface area contributed by atoms with E-state index >= 15 is 0 Å². The summed E-state index contributed by atoms with van der Waals surface area (Å²) in [7, 11) is 0. The second-order valence-corrected chi connectivity index (χ2v) is 9.26. The van der Waals surface area contributed by atoms with E-state index in [4.69, 9.17) is 9.47 Å². The smallest absolute Gasteiger partial charge is 0.335 e. The fourth-order valence-electron chi connectivity index (χ4n) is 4.11. The van der Waals surface area contributed by atoms with Crippen LogP contribution in [0.5, 0.6) is 0 Å². The Morgan fingerprint density at radius 2 is 1.68 bits per heavy atom. The fraction of sp³-hybridized carbons (Fsp3) is 0.643. The number of ether oxygens (including phenoxy) is 2. The Hall–Kier alpha value is -2.33. The molecule has 0 amide bonds. The number of aliphatic hydroxyl groups is 2. The molecule has 8 nitrogen and oxygen atoms in total. The van der Waals surface area contributed by atoms with E-state index in [0.29, 0.717) is 11.2 Å². The Labute approximate surface area is 218 Å². The van der Waals surface area contributed by atoms with E-state index < -0.39 is 42.1 Å². The van der Waals surface area contributed by atoms with Gasteiger partial charge in [-0.25, -0.2) is 9.36 Å². The molecule has 37 heavy (non-hydrogen) atoms. The van der Waals surface area contributed by atoms with Gasteiger partial charge < -0.3 is 19.7 Å². The predicted octanol–water partition coefficient (Wildman–Crippen LogP) is 4.35. The van der Waals surface area contributed by atoms with Gasteiger partial charge in [-0.15, -0.1) is 0 Å². The summed E-state index contributed by atoms with van der Waals surface area (Å²) in [5, 5.41) is 19.1. The van der Waals surface area contributed by atoms with Crippen LogP contribution in [0, 0.1) is 5.82 Å². The lowest BCUT2D eigenvalue weighted by Crippen LogP contribution is -2.43. The lowest BCUT2D eigenvalue weighted by atomic mass is 10.1. The summed E-state index contributed by atoms with van der Waals surface area (Å²) in [6.07, 6.45) is 21.7. The number of hydrogen-bond donors (Lipinski definition) is 2. The molecule has 2 rings (SSSR count). The number of aromatic nitrogens is 2. The SMILES string of the molecule is CC/C=C\C/C=C\C/C=C\CCCCCCCCOCn1c(=O)c(F)cn([C@H]2C[C@H](O)[C@@H](CO)O2)c1=O. The molecule has 0 bridgehead atoms. The molecule has 1 aliphatic heterocycles. The normalized spacial score (nSPS) is 20.3. The number of aliphatic hydroxyl groups excluding tert-OH is 2. The minimum absolute atomic E-state index is 0.00840. The van der Waals surface area contributed by atoms with Crippen molar-refractivity contribution >= 4 is 0 Å². The predicted molar refractivity (Wildman–Crippen MR) is 142 cm³/mol. The van der Waals surface area contributed by atoms with Crippen molar-refractivity contribution in [1.29, 1.82) is 0 Å². The first kappa shape index (κ1) is 30.9. The van der Waals surface area contributed by atoms with Gasteiger partial charge in [0, 0.05) is 13.0 Å². The molecule has 0 spiro atoms. The van der Waals surface area contributed by atoms with Crippen LogP contribution >= 0.6 is 0 Å². The first-order valence-corrected chi connectivity index (χ1v) is 13.5. The molecule has 1 aliphatic rings.